The summed E-state index contributed by atoms with van der Waals surface area (Å²) in [7, 11) is 1.59. The molecular weight excluding hydrogens is 406 g/mol. The van der Waals surface area contributed by atoms with E-state index >= 15 is 0 Å². The van der Waals surface area contributed by atoms with Crippen molar-refractivity contribution >= 4 is 16.9 Å². The van der Waals surface area contributed by atoms with Gasteiger partial charge in [-0.1, -0.05) is 30.4 Å². The molecule has 4 atom stereocenters. The molecule has 3 heterocycles. The van der Waals surface area contributed by atoms with Crippen LogP contribution in [0.1, 0.15) is 45.1 Å². The number of carbonyl (C=O) groups is 1. The van der Waals surface area contributed by atoms with Crippen LogP contribution in [-0.2, 0) is 14.3 Å². The molecule has 2 fully saturated rings. The quantitative estimate of drug-likeness (QED) is 0.305. The fourth-order valence-electron chi connectivity index (χ4n) is 4.80. The molecule has 0 bridgehead atoms. The number of pyridine rings is 1. The Morgan fingerprint density at radius 3 is 2.78 bits per heavy atom. The van der Waals surface area contributed by atoms with Crippen LogP contribution in [0.15, 0.2) is 52.9 Å². The number of esters is 1. The number of para-hydroxylation sites is 1. The molecule has 0 amide bonds. The smallest absolute Gasteiger partial charge is 0.334 e. The van der Waals surface area contributed by atoms with E-state index in [2.05, 4.69) is 31.5 Å². The molecule has 170 valence electrons. The number of hydrogen-bond acceptors (Lipinski definition) is 5. The predicted octanol–water partition coefficient (Wildman–Crippen LogP) is 4.61. The number of ether oxygens (including phenoxy) is 3. The van der Waals surface area contributed by atoms with Gasteiger partial charge < -0.3 is 19.2 Å². The molecule has 0 saturated carbocycles. The molecule has 1 aromatic heterocycles. The summed E-state index contributed by atoms with van der Waals surface area (Å²) in [6.45, 7) is 10.1. The van der Waals surface area contributed by atoms with Crippen LogP contribution in [0.2, 0.25) is 0 Å². The standard InChI is InChI=1S/C15H20O3.C11H11NO2/c1-9-5-4-8-15(3)13(18-15)12-11(7-6-9)10(2)14(16)17-12;1-7-6-10(13)12-11-8(7)4-3-5-9(11)14-2/h5,11-13H,2,4,6-8H2,1,3H3;3-6H,1-2H3,(H,12,13). The first-order valence-corrected chi connectivity index (χ1v) is 11.1. The van der Waals surface area contributed by atoms with Gasteiger partial charge in [0.1, 0.15) is 18.0 Å². The lowest BCUT2D eigenvalue weighted by atomic mass is 9.84. The first kappa shape index (κ1) is 22.3. The van der Waals surface area contributed by atoms with Crippen molar-refractivity contribution in [3.8, 4) is 5.75 Å². The van der Waals surface area contributed by atoms with Gasteiger partial charge in [0, 0.05) is 22.9 Å². The van der Waals surface area contributed by atoms with Gasteiger partial charge in [0.2, 0.25) is 5.56 Å². The molecule has 6 heteroatoms. The van der Waals surface area contributed by atoms with Crippen molar-refractivity contribution in [2.75, 3.05) is 7.11 Å². The Morgan fingerprint density at radius 1 is 1.25 bits per heavy atom. The molecule has 1 aliphatic carbocycles. The zero-order valence-corrected chi connectivity index (χ0v) is 19.2. The Balaban J connectivity index is 0.000000158. The third-order valence-electron chi connectivity index (χ3n) is 6.84. The number of fused-ring (bicyclic) bond motifs is 4. The number of benzene rings is 1. The fraction of sp³-hybridized carbons (Fsp3) is 0.462. The van der Waals surface area contributed by atoms with E-state index in [1.165, 1.54) is 5.57 Å². The summed E-state index contributed by atoms with van der Waals surface area (Å²) in [6.07, 6.45) is 6.25. The summed E-state index contributed by atoms with van der Waals surface area (Å²) >= 11 is 0. The number of nitrogens with one attached hydrogen (secondary N) is 1. The maximum absolute atomic E-state index is 11.7. The first-order valence-electron chi connectivity index (χ1n) is 11.1. The minimum absolute atomic E-state index is 0.0671. The number of epoxide rings is 1. The van der Waals surface area contributed by atoms with Gasteiger partial charge >= 0.3 is 5.97 Å². The third-order valence-corrected chi connectivity index (χ3v) is 6.84. The van der Waals surface area contributed by atoms with Gasteiger partial charge in [-0.15, -0.1) is 0 Å². The average molecular weight is 438 g/mol. The van der Waals surface area contributed by atoms with E-state index in [9.17, 15) is 9.59 Å². The van der Waals surface area contributed by atoms with Crippen LogP contribution < -0.4 is 10.3 Å². The van der Waals surface area contributed by atoms with Crippen LogP contribution in [0, 0.1) is 12.8 Å². The van der Waals surface area contributed by atoms with E-state index in [1.807, 2.05) is 25.1 Å². The van der Waals surface area contributed by atoms with Crippen molar-refractivity contribution in [2.24, 2.45) is 5.92 Å². The molecule has 2 aliphatic heterocycles. The highest BCUT2D eigenvalue weighted by molar-refractivity contribution is 5.91. The minimum Gasteiger partial charge on any atom is -0.495 e. The van der Waals surface area contributed by atoms with Gasteiger partial charge in [0.25, 0.3) is 0 Å². The van der Waals surface area contributed by atoms with Gasteiger partial charge in [-0.25, -0.2) is 4.79 Å². The summed E-state index contributed by atoms with van der Waals surface area (Å²) in [5, 5.41) is 1.02. The van der Waals surface area contributed by atoms with E-state index in [0.29, 0.717) is 11.3 Å². The van der Waals surface area contributed by atoms with Crippen molar-refractivity contribution in [3.05, 3.63) is 64.0 Å². The fourth-order valence-corrected chi connectivity index (χ4v) is 4.80. The summed E-state index contributed by atoms with van der Waals surface area (Å²) in [6, 6.07) is 7.29. The molecule has 3 aliphatic rings. The van der Waals surface area contributed by atoms with Crippen molar-refractivity contribution in [1.29, 1.82) is 0 Å². The number of carbonyl (C=O) groups excluding carboxylic acids is 1. The zero-order valence-electron chi connectivity index (χ0n) is 19.2. The molecule has 1 aromatic carbocycles. The van der Waals surface area contributed by atoms with Gasteiger partial charge in [-0.05, 0) is 58.1 Å². The maximum atomic E-state index is 11.7. The number of aryl methyl sites for hydroxylation is 1. The van der Waals surface area contributed by atoms with Crippen molar-refractivity contribution in [2.45, 2.75) is 64.3 Å². The molecule has 2 aromatic rings. The summed E-state index contributed by atoms with van der Waals surface area (Å²) < 4.78 is 16.5. The SMILES string of the molecule is C=C1C(=O)OC2C1CCC(C)=CCCC1(C)OC21.COc1cccc2c(C)cc(=O)[nH]c12. The second-order valence-electron chi connectivity index (χ2n) is 9.18. The van der Waals surface area contributed by atoms with Crippen LogP contribution >= 0.6 is 0 Å². The predicted molar refractivity (Wildman–Crippen MR) is 124 cm³/mol. The Bertz CT molecular complexity index is 1150. The van der Waals surface area contributed by atoms with Crippen LogP contribution in [0.4, 0.5) is 0 Å². The summed E-state index contributed by atoms with van der Waals surface area (Å²) in [5.74, 6) is 0.595. The number of aromatic nitrogens is 1. The molecule has 6 nitrogen and oxygen atoms in total. The van der Waals surface area contributed by atoms with Crippen molar-refractivity contribution in [1.82, 2.24) is 4.98 Å². The van der Waals surface area contributed by atoms with Gasteiger partial charge in [0.15, 0.2) is 0 Å². The molecule has 4 unspecified atom stereocenters. The Labute approximate surface area is 188 Å². The number of H-pyrrole nitrogens is 1. The number of allylic oxidation sites excluding steroid dienone is 2. The van der Waals surface area contributed by atoms with Crippen LogP contribution in [0.5, 0.6) is 5.75 Å². The van der Waals surface area contributed by atoms with E-state index < -0.39 is 0 Å². The van der Waals surface area contributed by atoms with Crippen LogP contribution in [0.25, 0.3) is 10.9 Å². The molecule has 1 N–H and O–H groups in total. The normalized spacial score (nSPS) is 29.1. The molecule has 0 radical (unpaired) electrons. The van der Waals surface area contributed by atoms with Crippen molar-refractivity contribution < 1.29 is 19.0 Å². The van der Waals surface area contributed by atoms with E-state index in [4.69, 9.17) is 14.2 Å². The lowest BCUT2D eigenvalue weighted by Crippen LogP contribution is -2.28. The summed E-state index contributed by atoms with van der Waals surface area (Å²) in [4.78, 5) is 25.7. The van der Waals surface area contributed by atoms with Gasteiger partial charge in [-0.2, -0.15) is 0 Å². The second kappa shape index (κ2) is 8.58. The lowest BCUT2D eigenvalue weighted by molar-refractivity contribution is -0.140. The first-order chi connectivity index (χ1) is 15.2. The lowest BCUT2D eigenvalue weighted by Gasteiger charge is -2.19. The van der Waals surface area contributed by atoms with Gasteiger partial charge in [0.05, 0.1) is 18.2 Å². The Kier molecular flexibility index (Phi) is 5.99. The third kappa shape index (κ3) is 4.24. The largest absolute Gasteiger partial charge is 0.495 e. The number of aromatic amines is 1. The number of rotatable bonds is 1. The number of methoxy groups -OCH3 is 1. The molecule has 0 spiro atoms. The second-order valence-corrected chi connectivity index (χ2v) is 9.18. The highest BCUT2D eigenvalue weighted by atomic mass is 16.6. The summed E-state index contributed by atoms with van der Waals surface area (Å²) in [5.41, 5.74) is 3.54. The number of hydrogen-bond donors (Lipinski definition) is 1. The van der Waals surface area contributed by atoms with Crippen LogP contribution in [0.3, 0.4) is 0 Å². The molecule has 2 saturated heterocycles. The highest BCUT2D eigenvalue weighted by Gasteiger charge is 2.61. The van der Waals surface area contributed by atoms with Crippen molar-refractivity contribution in [3.63, 3.8) is 0 Å². The molecule has 5 rings (SSSR count). The maximum Gasteiger partial charge on any atom is 0.334 e. The zero-order chi connectivity index (χ0) is 23.0. The Hall–Kier alpha value is -2.86. The minimum atomic E-state index is -0.233. The highest BCUT2D eigenvalue weighted by Crippen LogP contribution is 2.49. The molecule has 32 heavy (non-hydrogen) atoms. The molecular formula is C26H31NO5. The van der Waals surface area contributed by atoms with E-state index in [0.717, 1.165) is 42.1 Å². The van der Waals surface area contributed by atoms with E-state index in [-0.39, 0.29) is 35.3 Å². The van der Waals surface area contributed by atoms with Gasteiger partial charge in [-0.3, -0.25) is 4.79 Å². The van der Waals surface area contributed by atoms with Crippen LogP contribution in [-0.4, -0.2) is 35.9 Å². The monoisotopic (exact) mass is 437 g/mol. The Morgan fingerprint density at radius 2 is 2.03 bits per heavy atom. The average Bonchev–Trinajstić information content (AvgIpc) is 3.34. The topological polar surface area (TPSA) is 80.9 Å². The van der Waals surface area contributed by atoms with E-state index in [1.54, 1.807) is 13.2 Å².